The number of amides is 1. The first-order valence-electron chi connectivity index (χ1n) is 9.03. The molecule has 5 nitrogen and oxygen atoms in total. The summed E-state index contributed by atoms with van der Waals surface area (Å²) in [6.45, 7) is 5.45. The molecule has 0 aliphatic rings. The number of aromatic nitrogens is 2. The average molecular weight is 386 g/mol. The third-order valence-corrected chi connectivity index (χ3v) is 5.10. The molecule has 3 aromatic rings. The molecule has 0 saturated carbocycles. The van der Waals surface area contributed by atoms with Crippen LogP contribution in [0, 0.1) is 11.7 Å². The van der Waals surface area contributed by atoms with Crippen molar-refractivity contribution < 1.29 is 9.18 Å². The number of hydrogen-bond donors (Lipinski definition) is 2. The molecule has 0 bridgehead atoms. The summed E-state index contributed by atoms with van der Waals surface area (Å²) in [4.78, 5) is 21.4. The first-order valence-corrected chi connectivity index (χ1v) is 9.91. The molecule has 1 aromatic carbocycles. The number of nitrogens with zero attached hydrogens (tertiary/aromatic N) is 2. The fraction of sp³-hybridized carbons (Fsp3) is 0.350. The number of fused-ring (bicyclic) bond motifs is 1. The molecule has 2 N–H and O–H groups in total. The molecule has 0 atom stereocenters. The van der Waals surface area contributed by atoms with Crippen molar-refractivity contribution in [2.24, 2.45) is 5.92 Å². The van der Waals surface area contributed by atoms with Gasteiger partial charge in [-0.1, -0.05) is 26.0 Å². The number of carbonyl (C=O) groups is 1. The van der Waals surface area contributed by atoms with Gasteiger partial charge in [-0.2, -0.15) is 0 Å². The lowest BCUT2D eigenvalue weighted by Crippen LogP contribution is -2.27. The summed E-state index contributed by atoms with van der Waals surface area (Å²) in [5.74, 6) is 1.02. The van der Waals surface area contributed by atoms with Crippen molar-refractivity contribution in [3.8, 4) is 11.1 Å². The van der Waals surface area contributed by atoms with Crippen molar-refractivity contribution in [2.45, 2.75) is 26.7 Å². The predicted molar refractivity (Wildman–Crippen MR) is 108 cm³/mol. The SMILES string of the molecule is CC(C)CCNC(=O)CCNc1ncnc2scc(-c3ccc(F)cc3)c12. The van der Waals surface area contributed by atoms with Gasteiger partial charge in [-0.3, -0.25) is 4.79 Å². The fourth-order valence-electron chi connectivity index (χ4n) is 2.73. The number of thiophene rings is 1. The molecule has 0 spiro atoms. The lowest BCUT2D eigenvalue weighted by atomic mass is 10.1. The van der Waals surface area contributed by atoms with E-state index in [0.29, 0.717) is 31.2 Å². The largest absolute Gasteiger partial charge is 0.369 e. The minimum atomic E-state index is -0.267. The molecule has 27 heavy (non-hydrogen) atoms. The maximum atomic E-state index is 13.2. The number of hydrogen-bond acceptors (Lipinski definition) is 5. The molecule has 0 radical (unpaired) electrons. The van der Waals surface area contributed by atoms with Gasteiger partial charge in [0.2, 0.25) is 5.91 Å². The van der Waals surface area contributed by atoms with Crippen molar-refractivity contribution in [1.82, 2.24) is 15.3 Å². The van der Waals surface area contributed by atoms with E-state index in [2.05, 4.69) is 34.4 Å². The summed E-state index contributed by atoms with van der Waals surface area (Å²) in [7, 11) is 0. The minimum absolute atomic E-state index is 0.0255. The summed E-state index contributed by atoms with van der Waals surface area (Å²) in [6.07, 6.45) is 2.86. The van der Waals surface area contributed by atoms with Gasteiger partial charge in [0.05, 0.1) is 5.39 Å². The number of rotatable bonds is 8. The van der Waals surface area contributed by atoms with Gasteiger partial charge in [-0.15, -0.1) is 11.3 Å². The molecular weight excluding hydrogens is 363 g/mol. The third kappa shape index (κ3) is 5.01. The first kappa shape index (κ1) is 19.2. The zero-order valence-corrected chi connectivity index (χ0v) is 16.3. The Morgan fingerprint density at radius 2 is 1.96 bits per heavy atom. The highest BCUT2D eigenvalue weighted by Gasteiger charge is 2.13. The fourth-order valence-corrected chi connectivity index (χ4v) is 3.65. The van der Waals surface area contributed by atoms with E-state index in [-0.39, 0.29) is 11.7 Å². The van der Waals surface area contributed by atoms with E-state index in [1.807, 2.05) is 5.38 Å². The highest BCUT2D eigenvalue weighted by atomic mass is 32.1. The quantitative estimate of drug-likeness (QED) is 0.600. The molecule has 142 valence electrons. The predicted octanol–water partition coefficient (Wildman–Crippen LogP) is 4.46. The van der Waals surface area contributed by atoms with Gasteiger partial charge in [0.15, 0.2) is 0 Å². The van der Waals surface area contributed by atoms with E-state index in [9.17, 15) is 9.18 Å². The van der Waals surface area contributed by atoms with E-state index in [1.165, 1.54) is 29.8 Å². The van der Waals surface area contributed by atoms with Crippen molar-refractivity contribution in [2.75, 3.05) is 18.4 Å². The summed E-state index contributed by atoms with van der Waals surface area (Å²) in [5.41, 5.74) is 1.87. The van der Waals surface area contributed by atoms with Crippen molar-refractivity contribution in [3.05, 3.63) is 41.8 Å². The Hall–Kier alpha value is -2.54. The Morgan fingerprint density at radius 1 is 1.19 bits per heavy atom. The van der Waals surface area contributed by atoms with Crippen LogP contribution < -0.4 is 10.6 Å². The number of nitrogens with one attached hydrogen (secondary N) is 2. The van der Waals surface area contributed by atoms with Crippen LogP contribution >= 0.6 is 11.3 Å². The number of anilines is 1. The molecule has 0 saturated heterocycles. The molecule has 0 aliphatic carbocycles. The molecule has 1 amide bonds. The number of benzene rings is 1. The third-order valence-electron chi connectivity index (χ3n) is 4.21. The van der Waals surface area contributed by atoms with E-state index in [0.717, 1.165) is 27.8 Å². The second-order valence-electron chi connectivity index (χ2n) is 6.77. The van der Waals surface area contributed by atoms with Crippen LogP contribution in [-0.4, -0.2) is 29.0 Å². The standard InChI is InChI=1S/C20H23FN4OS/c1-13(2)7-9-22-17(26)8-10-23-19-18-16(11-27-20(18)25-12-24-19)14-3-5-15(21)6-4-14/h3-6,11-13H,7-10H2,1-2H3,(H,22,26)(H,23,24,25). The van der Waals surface area contributed by atoms with Crippen molar-refractivity contribution in [3.63, 3.8) is 0 Å². The highest BCUT2D eigenvalue weighted by molar-refractivity contribution is 7.17. The summed E-state index contributed by atoms with van der Waals surface area (Å²) in [5, 5.41) is 9.07. The Labute approximate surface area is 162 Å². The molecular formula is C20H23FN4OS. The second-order valence-corrected chi connectivity index (χ2v) is 7.63. The summed E-state index contributed by atoms with van der Waals surface area (Å²) >= 11 is 1.52. The van der Waals surface area contributed by atoms with Crippen LogP contribution in [0.25, 0.3) is 21.3 Å². The maximum absolute atomic E-state index is 13.2. The zero-order chi connectivity index (χ0) is 19.2. The van der Waals surface area contributed by atoms with Crippen LogP contribution in [0.2, 0.25) is 0 Å². The maximum Gasteiger partial charge on any atom is 0.221 e. The molecule has 7 heteroatoms. The van der Waals surface area contributed by atoms with Crippen molar-refractivity contribution >= 4 is 33.3 Å². The Balaban J connectivity index is 1.69. The Morgan fingerprint density at radius 3 is 2.70 bits per heavy atom. The van der Waals surface area contributed by atoms with E-state index < -0.39 is 0 Å². The number of halogens is 1. The van der Waals surface area contributed by atoms with Gasteiger partial charge in [-0.05, 0) is 30.0 Å². The van der Waals surface area contributed by atoms with E-state index in [4.69, 9.17) is 0 Å². The Bertz CT molecular complexity index is 908. The van der Waals surface area contributed by atoms with E-state index >= 15 is 0 Å². The summed E-state index contributed by atoms with van der Waals surface area (Å²) in [6, 6.07) is 6.38. The zero-order valence-electron chi connectivity index (χ0n) is 15.5. The molecule has 0 aliphatic heterocycles. The smallest absolute Gasteiger partial charge is 0.221 e. The van der Waals surface area contributed by atoms with Crippen LogP contribution in [-0.2, 0) is 4.79 Å². The van der Waals surface area contributed by atoms with Gasteiger partial charge in [0.25, 0.3) is 0 Å². The summed E-state index contributed by atoms with van der Waals surface area (Å²) < 4.78 is 13.2. The highest BCUT2D eigenvalue weighted by Crippen LogP contribution is 2.36. The van der Waals surface area contributed by atoms with Crippen LogP contribution in [0.3, 0.4) is 0 Å². The monoisotopic (exact) mass is 386 g/mol. The lowest BCUT2D eigenvalue weighted by molar-refractivity contribution is -0.120. The van der Waals surface area contributed by atoms with Gasteiger partial charge >= 0.3 is 0 Å². The normalized spacial score (nSPS) is 11.1. The van der Waals surface area contributed by atoms with Gasteiger partial charge in [0.1, 0.15) is 22.8 Å². The van der Waals surface area contributed by atoms with Crippen LogP contribution in [0.4, 0.5) is 10.2 Å². The first-order chi connectivity index (χ1) is 13.0. The van der Waals surface area contributed by atoms with E-state index in [1.54, 1.807) is 12.1 Å². The van der Waals surface area contributed by atoms with Gasteiger partial charge in [-0.25, -0.2) is 14.4 Å². The van der Waals surface area contributed by atoms with Gasteiger partial charge in [0, 0.05) is 30.5 Å². The van der Waals surface area contributed by atoms with Crippen LogP contribution in [0.15, 0.2) is 36.0 Å². The van der Waals surface area contributed by atoms with Crippen molar-refractivity contribution in [1.29, 1.82) is 0 Å². The lowest BCUT2D eigenvalue weighted by Gasteiger charge is -2.10. The second kappa shape index (κ2) is 8.90. The molecule has 0 unspecified atom stereocenters. The Kier molecular flexibility index (Phi) is 6.34. The van der Waals surface area contributed by atoms with Crippen LogP contribution in [0.1, 0.15) is 26.7 Å². The molecule has 0 fully saturated rings. The van der Waals surface area contributed by atoms with Gasteiger partial charge < -0.3 is 10.6 Å². The molecule has 3 rings (SSSR count). The number of carbonyl (C=O) groups excluding carboxylic acids is 1. The minimum Gasteiger partial charge on any atom is -0.369 e. The van der Waals surface area contributed by atoms with Crippen LogP contribution in [0.5, 0.6) is 0 Å². The molecule has 2 aromatic heterocycles. The molecule has 2 heterocycles. The topological polar surface area (TPSA) is 66.9 Å². The average Bonchev–Trinajstić information content (AvgIpc) is 3.07.